The van der Waals surface area contributed by atoms with Gasteiger partial charge in [-0.3, -0.25) is 28.8 Å². The van der Waals surface area contributed by atoms with Gasteiger partial charge in [-0.2, -0.15) is 0 Å². The van der Waals surface area contributed by atoms with Crippen LogP contribution >= 0.6 is 0 Å². The third-order valence-corrected chi connectivity index (χ3v) is 11.1. The Morgan fingerprint density at radius 1 is 1.09 bits per heavy atom. The van der Waals surface area contributed by atoms with E-state index in [2.05, 4.69) is 9.88 Å². The zero-order valence-electron chi connectivity index (χ0n) is 25.8. The fourth-order valence-electron chi connectivity index (χ4n) is 7.44. The van der Waals surface area contributed by atoms with Crippen LogP contribution in [0.4, 0.5) is 5.69 Å². The topological polar surface area (TPSA) is 230 Å². The van der Waals surface area contributed by atoms with Crippen molar-refractivity contribution >= 4 is 44.7 Å². The van der Waals surface area contributed by atoms with E-state index < -0.39 is 68.4 Å². The van der Waals surface area contributed by atoms with Crippen LogP contribution in [0.3, 0.4) is 0 Å². The number of aliphatic hydroxyl groups is 2. The van der Waals surface area contributed by atoms with E-state index in [0.717, 1.165) is 0 Å². The molecule has 3 aliphatic rings. The average molecular weight is 665 g/mol. The van der Waals surface area contributed by atoms with Gasteiger partial charge in [-0.25, -0.2) is 8.42 Å². The molecule has 2 saturated carbocycles. The van der Waals surface area contributed by atoms with Gasteiger partial charge in [0.05, 0.1) is 11.6 Å². The number of phenolic OH excluding ortho intramolecular Hbond substituents is 1. The Balaban J connectivity index is 1.40. The van der Waals surface area contributed by atoms with Crippen LogP contribution < -0.4 is 10.5 Å². The van der Waals surface area contributed by atoms with E-state index in [4.69, 9.17) is 10.3 Å². The van der Waals surface area contributed by atoms with Crippen molar-refractivity contribution in [2.75, 3.05) is 18.8 Å². The summed E-state index contributed by atoms with van der Waals surface area (Å²) in [6, 6.07) is 8.09. The zero-order chi connectivity index (χ0) is 34.3. The number of aromatic hydroxyl groups is 1. The third kappa shape index (κ3) is 4.67. The Hall–Kier alpha value is -4.86. The van der Waals surface area contributed by atoms with Gasteiger partial charge in [0.1, 0.15) is 17.2 Å². The number of aromatic nitrogens is 1. The molecule has 3 aromatic rings. The van der Waals surface area contributed by atoms with Gasteiger partial charge < -0.3 is 25.6 Å². The van der Waals surface area contributed by atoms with Crippen molar-refractivity contribution in [3.63, 3.8) is 0 Å². The number of fused-ring (bicyclic) bond motifs is 3. The number of amides is 1. The zero-order valence-corrected chi connectivity index (χ0v) is 26.6. The maximum absolute atomic E-state index is 14.0. The van der Waals surface area contributed by atoms with E-state index in [1.54, 1.807) is 18.2 Å². The molecule has 0 spiro atoms. The van der Waals surface area contributed by atoms with E-state index in [1.807, 2.05) is 0 Å². The number of primary amides is 1. The van der Waals surface area contributed by atoms with Crippen LogP contribution in [0, 0.1) is 31.6 Å². The molecule has 0 saturated heterocycles. The van der Waals surface area contributed by atoms with Crippen molar-refractivity contribution in [1.82, 2.24) is 10.1 Å². The average Bonchev–Trinajstić information content (AvgIpc) is 3.33. The summed E-state index contributed by atoms with van der Waals surface area (Å²) >= 11 is 0. The van der Waals surface area contributed by atoms with Gasteiger partial charge in [-0.15, -0.1) is 0 Å². The molecule has 0 bridgehead atoms. The van der Waals surface area contributed by atoms with Gasteiger partial charge in [0.2, 0.25) is 11.7 Å². The highest BCUT2D eigenvalue weighted by Crippen LogP contribution is 2.52. The highest BCUT2D eigenvalue weighted by atomic mass is 32.2. The molecule has 5 atom stereocenters. The number of nitrogens with zero attached hydrogens (tertiary/aromatic N) is 2. The summed E-state index contributed by atoms with van der Waals surface area (Å²) in [5.74, 6) is -9.46. The lowest BCUT2D eigenvalue weighted by atomic mass is 9.54. The highest BCUT2D eigenvalue weighted by molar-refractivity contribution is 7.92. The number of nitrogens with two attached hydrogens (primary N) is 1. The molecular weight excluding hydrogens is 632 g/mol. The van der Waals surface area contributed by atoms with Crippen molar-refractivity contribution in [3.8, 4) is 16.9 Å². The van der Waals surface area contributed by atoms with Crippen molar-refractivity contribution in [2.24, 2.45) is 23.5 Å². The van der Waals surface area contributed by atoms with Crippen LogP contribution in [-0.2, 0) is 35.6 Å². The number of aliphatic hydroxyl groups excluding tert-OH is 1. The Kier molecular flexibility index (Phi) is 7.41. The summed E-state index contributed by atoms with van der Waals surface area (Å²) in [4.78, 5) is 54.3. The number of nitrogens with one attached hydrogen (secondary N) is 1. The number of anilines is 1. The molecule has 2 fully saturated rings. The van der Waals surface area contributed by atoms with E-state index >= 15 is 0 Å². The first-order valence-electron chi connectivity index (χ1n) is 14.7. The summed E-state index contributed by atoms with van der Waals surface area (Å²) in [6.45, 7) is 3.00. The number of sulfonamides is 1. The largest absolute Gasteiger partial charge is 0.507 e. The molecule has 3 aliphatic carbocycles. The summed E-state index contributed by atoms with van der Waals surface area (Å²) in [5.41, 5.74) is 4.29. The Bertz CT molecular complexity index is 2010. The number of carbonyl (C=O) groups excluding carboxylic acids is 4. The van der Waals surface area contributed by atoms with Gasteiger partial charge in [-0.1, -0.05) is 23.4 Å². The molecule has 14 nitrogen and oxygen atoms in total. The third-order valence-electron chi connectivity index (χ3n) is 9.43. The molecule has 0 radical (unpaired) electrons. The van der Waals surface area contributed by atoms with Crippen LogP contribution in [-0.4, -0.2) is 82.8 Å². The minimum atomic E-state index is -4.00. The lowest BCUT2D eigenvalue weighted by Crippen LogP contribution is -2.72. The number of ketones is 3. The molecule has 1 aromatic heterocycles. The first-order valence-corrected chi connectivity index (χ1v) is 16.1. The molecule has 47 heavy (non-hydrogen) atoms. The van der Waals surface area contributed by atoms with E-state index in [1.165, 1.54) is 51.0 Å². The number of rotatable bonds is 6. The molecule has 1 amide bonds. The van der Waals surface area contributed by atoms with Crippen molar-refractivity contribution in [3.05, 3.63) is 64.6 Å². The molecule has 2 unspecified atom stereocenters. The number of likely N-dealkylation sites (N-methyl/N-ethyl adjacent to an activating group) is 1. The Morgan fingerprint density at radius 3 is 2.32 bits per heavy atom. The molecule has 0 aliphatic heterocycles. The molecule has 246 valence electrons. The number of carbonyl (C=O) groups is 4. The Morgan fingerprint density at radius 2 is 1.74 bits per heavy atom. The van der Waals surface area contributed by atoms with Gasteiger partial charge in [0.15, 0.2) is 33.7 Å². The van der Waals surface area contributed by atoms with E-state index in [0.29, 0.717) is 16.7 Å². The minimum absolute atomic E-state index is 0.0656. The summed E-state index contributed by atoms with van der Waals surface area (Å²) in [6.07, 6.45) is 0.00335. The van der Waals surface area contributed by atoms with Crippen LogP contribution in [0.1, 0.15) is 29.0 Å². The maximum atomic E-state index is 14.0. The Labute approximate surface area is 268 Å². The lowest BCUT2D eigenvalue weighted by molar-refractivity contribution is -0.175. The van der Waals surface area contributed by atoms with Gasteiger partial charge in [-0.05, 0) is 81.6 Å². The summed E-state index contributed by atoms with van der Waals surface area (Å²) < 4.78 is 33.4. The first kappa shape index (κ1) is 32.1. The normalized spacial score (nSPS) is 25.8. The van der Waals surface area contributed by atoms with Crippen molar-refractivity contribution in [1.29, 1.82) is 0 Å². The van der Waals surface area contributed by atoms with Gasteiger partial charge in [0.25, 0.3) is 10.0 Å². The van der Waals surface area contributed by atoms with Crippen molar-refractivity contribution in [2.45, 2.75) is 43.2 Å². The molecule has 2 aromatic carbocycles. The van der Waals surface area contributed by atoms with Crippen molar-refractivity contribution < 1.29 is 47.4 Å². The standard InChI is InChI=1S/C32H32N4O10S/c1-13-28(14(2)46-34-13)47(44,45)35-17-7-5-15(6-8-17)18-9-10-21(37)23-19(18)11-16-12-20-25(36(3)4)27(39)24(31(33)42)30(41)32(20,43)29(40)22(16)26(23)38/h5-10,16,20,24-25,35,37-38,43H,11-12H2,1-4H3,(H2,33,42)/t16-,20-,24?,25?,32-/m0/s1. The van der Waals surface area contributed by atoms with Gasteiger partial charge >= 0.3 is 0 Å². The number of aryl methyl sites for hydroxylation is 2. The van der Waals surface area contributed by atoms with Gasteiger partial charge in [0, 0.05) is 17.2 Å². The van der Waals surface area contributed by atoms with E-state index in [9.17, 15) is 42.9 Å². The second-order valence-electron chi connectivity index (χ2n) is 12.4. The number of phenols is 1. The highest BCUT2D eigenvalue weighted by Gasteiger charge is 2.67. The second kappa shape index (κ2) is 10.9. The predicted molar refractivity (Wildman–Crippen MR) is 165 cm³/mol. The SMILES string of the molecule is Cc1noc(C)c1S(=O)(=O)Nc1ccc(-c2ccc(O)c3c2C[C@H]2C[C@H]4C(N(C)C)C(=O)C(C(N)=O)C(=O)[C@@]4(O)C(=O)C2=C3O)cc1. The summed E-state index contributed by atoms with van der Waals surface area (Å²) in [7, 11) is -0.959. The van der Waals surface area contributed by atoms with Crippen LogP contribution in [0.5, 0.6) is 5.75 Å². The molecule has 6 rings (SSSR count). The number of hydrogen-bond acceptors (Lipinski definition) is 12. The lowest BCUT2D eigenvalue weighted by Gasteiger charge is -2.51. The van der Waals surface area contributed by atoms with Crippen LogP contribution in [0.25, 0.3) is 16.9 Å². The molecule has 1 heterocycles. The number of Topliss-reactive ketones (excluding diaryl/α,β-unsaturated/α-hetero) is 3. The predicted octanol–water partition coefficient (Wildman–Crippen LogP) is 1.41. The van der Waals surface area contributed by atoms with Crippen LogP contribution in [0.15, 0.2) is 51.4 Å². The number of benzene rings is 2. The monoisotopic (exact) mass is 664 g/mol. The number of hydrogen-bond donors (Lipinski definition) is 5. The molecular formula is C32H32N4O10S. The molecule has 15 heteroatoms. The minimum Gasteiger partial charge on any atom is -0.507 e. The summed E-state index contributed by atoms with van der Waals surface area (Å²) in [5, 5.41) is 37.8. The quantitative estimate of drug-likeness (QED) is 0.236. The fourth-order valence-corrected chi connectivity index (χ4v) is 8.83. The molecule has 6 N–H and O–H groups in total. The second-order valence-corrected chi connectivity index (χ2v) is 14.1. The first-order chi connectivity index (χ1) is 22.0. The fraction of sp³-hybridized carbons (Fsp3) is 0.344. The van der Waals surface area contributed by atoms with E-state index in [-0.39, 0.29) is 51.8 Å². The maximum Gasteiger partial charge on any atom is 0.267 e. The smallest absolute Gasteiger partial charge is 0.267 e. The van der Waals surface area contributed by atoms with Crippen LogP contribution in [0.2, 0.25) is 0 Å².